The second-order valence-electron chi connectivity index (χ2n) is 9.25. The van der Waals surface area contributed by atoms with Gasteiger partial charge in [-0.2, -0.15) is 0 Å². The minimum absolute atomic E-state index is 0.244. The largest absolute Gasteiger partial charge is 0.0888 e. The first-order valence-electron chi connectivity index (χ1n) is 11.6. The monoisotopic (exact) mass is 436 g/mol. The zero-order chi connectivity index (χ0) is 21.6. The summed E-state index contributed by atoms with van der Waals surface area (Å²) in [5.74, 6) is 0. The van der Waals surface area contributed by atoms with Gasteiger partial charge in [-0.15, -0.1) is 0 Å². The van der Waals surface area contributed by atoms with Crippen LogP contribution in [0.5, 0.6) is 0 Å². The van der Waals surface area contributed by atoms with Crippen LogP contribution in [0.4, 0.5) is 0 Å². The second kappa shape index (κ2) is 6.27. The molecule has 5 aromatic carbocycles. The first-order chi connectivity index (χ1) is 16.4. The van der Waals surface area contributed by atoms with Crippen LogP contribution in [0.3, 0.4) is 0 Å². The third-order valence-electron chi connectivity index (χ3n) is 7.76. The summed E-state index contributed by atoms with van der Waals surface area (Å²) in [4.78, 5) is 2.83. The van der Waals surface area contributed by atoms with Gasteiger partial charge in [-0.1, -0.05) is 115 Å². The van der Waals surface area contributed by atoms with Crippen LogP contribution in [0.2, 0.25) is 0 Å². The Balaban J connectivity index is 1.52. The highest BCUT2D eigenvalue weighted by Crippen LogP contribution is 2.64. The molecule has 0 radical (unpaired) electrons. The lowest BCUT2D eigenvalue weighted by Crippen LogP contribution is -2.25. The first kappa shape index (κ1) is 17.9. The van der Waals surface area contributed by atoms with E-state index in [-0.39, 0.29) is 5.41 Å². The molecule has 0 amide bonds. The molecular weight excluding hydrogens is 416 g/mol. The molecule has 5 aromatic rings. The maximum Gasteiger partial charge on any atom is 0.0725 e. The fourth-order valence-corrected chi connectivity index (χ4v) is 7.75. The Morgan fingerprint density at radius 2 is 1.06 bits per heavy atom. The summed E-state index contributed by atoms with van der Waals surface area (Å²) in [6.45, 7) is 0. The smallest absolute Gasteiger partial charge is 0.0725 e. The molecule has 0 bridgehead atoms. The van der Waals surface area contributed by atoms with E-state index in [0.29, 0.717) is 0 Å². The minimum atomic E-state index is -0.244. The van der Waals surface area contributed by atoms with Crippen molar-refractivity contribution < 1.29 is 0 Å². The van der Waals surface area contributed by atoms with Gasteiger partial charge in [0.15, 0.2) is 0 Å². The van der Waals surface area contributed by atoms with Crippen LogP contribution in [0.1, 0.15) is 33.4 Å². The van der Waals surface area contributed by atoms with Gasteiger partial charge < -0.3 is 0 Å². The highest BCUT2D eigenvalue weighted by atomic mass is 32.2. The molecule has 2 aliphatic carbocycles. The molecule has 3 aliphatic rings. The molecule has 154 valence electrons. The Morgan fingerprint density at radius 3 is 1.79 bits per heavy atom. The Morgan fingerprint density at radius 1 is 0.485 bits per heavy atom. The van der Waals surface area contributed by atoms with E-state index in [1.807, 2.05) is 11.8 Å². The topological polar surface area (TPSA) is 0 Å². The highest BCUT2D eigenvalue weighted by Gasteiger charge is 2.52. The molecule has 0 aromatic heterocycles. The molecule has 0 fully saturated rings. The minimum Gasteiger partial charge on any atom is -0.0888 e. The molecule has 0 saturated carbocycles. The zero-order valence-electron chi connectivity index (χ0n) is 18.0. The van der Waals surface area contributed by atoms with Crippen LogP contribution in [0, 0.1) is 0 Å². The molecular formula is C32H20S. The summed E-state index contributed by atoms with van der Waals surface area (Å²) >= 11 is 1.96. The molecule has 1 heteroatoms. The van der Waals surface area contributed by atoms with E-state index in [1.165, 1.54) is 65.4 Å². The van der Waals surface area contributed by atoms with Crippen molar-refractivity contribution in [3.8, 4) is 22.3 Å². The molecule has 0 saturated heterocycles. The van der Waals surface area contributed by atoms with E-state index in [0.717, 1.165) is 6.42 Å². The van der Waals surface area contributed by atoms with Crippen LogP contribution >= 0.6 is 11.8 Å². The summed E-state index contributed by atoms with van der Waals surface area (Å²) in [5, 5.41) is 0. The zero-order valence-corrected chi connectivity index (χ0v) is 18.8. The maximum atomic E-state index is 2.43. The van der Waals surface area contributed by atoms with E-state index in [2.05, 4.69) is 109 Å². The van der Waals surface area contributed by atoms with Gasteiger partial charge in [-0.25, -0.2) is 0 Å². The molecule has 1 spiro atoms. The normalized spacial score (nSPS) is 15.3. The number of benzene rings is 5. The summed E-state index contributed by atoms with van der Waals surface area (Å²) < 4.78 is 0. The molecule has 1 heterocycles. The Labute approximate surface area is 197 Å². The summed E-state index contributed by atoms with van der Waals surface area (Å²) in [5.41, 5.74) is 13.9. The van der Waals surface area contributed by atoms with Crippen LogP contribution in [0.25, 0.3) is 22.3 Å². The fraction of sp³-hybridized carbons (Fsp3) is 0.0625. The Kier molecular flexibility index (Phi) is 3.41. The van der Waals surface area contributed by atoms with Crippen LogP contribution < -0.4 is 0 Å². The fourth-order valence-electron chi connectivity index (χ4n) is 6.51. The van der Waals surface area contributed by atoms with Crippen molar-refractivity contribution in [2.45, 2.75) is 21.6 Å². The molecule has 0 atom stereocenters. The molecule has 1 aliphatic heterocycles. The number of hydrogen-bond donors (Lipinski definition) is 0. The number of fused-ring (bicyclic) bond motifs is 13. The number of hydrogen-bond acceptors (Lipinski definition) is 1. The van der Waals surface area contributed by atoms with E-state index in [1.54, 1.807) is 0 Å². The van der Waals surface area contributed by atoms with E-state index in [9.17, 15) is 0 Å². The standard InChI is InChI=1S/C32H20S/c1-8-16-29-20(9-1)19-21-17-18-28-30(31(21)33-29)24-12-4-7-15-27(24)32(28)25-13-5-2-10-22(25)23-11-3-6-14-26(23)32/h1-18H,19H2. The van der Waals surface area contributed by atoms with Gasteiger partial charge in [0.1, 0.15) is 0 Å². The Bertz CT molecular complexity index is 1580. The van der Waals surface area contributed by atoms with Crippen molar-refractivity contribution in [3.63, 3.8) is 0 Å². The van der Waals surface area contributed by atoms with Gasteiger partial charge in [-0.05, 0) is 62.6 Å². The highest BCUT2D eigenvalue weighted by molar-refractivity contribution is 7.99. The average Bonchev–Trinajstić information content (AvgIpc) is 3.35. The van der Waals surface area contributed by atoms with Crippen molar-refractivity contribution in [2.24, 2.45) is 0 Å². The van der Waals surface area contributed by atoms with E-state index in [4.69, 9.17) is 0 Å². The van der Waals surface area contributed by atoms with Crippen LogP contribution in [-0.2, 0) is 11.8 Å². The van der Waals surface area contributed by atoms with Gasteiger partial charge in [0.05, 0.1) is 5.41 Å². The molecule has 0 unspecified atom stereocenters. The molecule has 0 nitrogen and oxygen atoms in total. The quantitative estimate of drug-likeness (QED) is 0.231. The van der Waals surface area contributed by atoms with Gasteiger partial charge >= 0.3 is 0 Å². The third-order valence-corrected chi connectivity index (χ3v) is 9.05. The summed E-state index contributed by atoms with van der Waals surface area (Å²) in [6.07, 6.45) is 1.01. The lowest BCUT2D eigenvalue weighted by Gasteiger charge is -2.31. The van der Waals surface area contributed by atoms with E-state index >= 15 is 0 Å². The Hall–Kier alpha value is -3.55. The predicted octanol–water partition coefficient (Wildman–Crippen LogP) is 8.09. The van der Waals surface area contributed by atoms with Crippen molar-refractivity contribution in [1.82, 2.24) is 0 Å². The van der Waals surface area contributed by atoms with Gasteiger partial charge in [0.25, 0.3) is 0 Å². The maximum absolute atomic E-state index is 2.43. The van der Waals surface area contributed by atoms with Crippen LogP contribution in [-0.4, -0.2) is 0 Å². The first-order valence-corrected chi connectivity index (χ1v) is 12.4. The predicted molar refractivity (Wildman–Crippen MR) is 136 cm³/mol. The lowest BCUT2D eigenvalue weighted by molar-refractivity contribution is 0.791. The number of rotatable bonds is 0. The van der Waals surface area contributed by atoms with Crippen molar-refractivity contribution in [2.75, 3.05) is 0 Å². The molecule has 8 rings (SSSR count). The summed E-state index contributed by atoms with van der Waals surface area (Å²) in [7, 11) is 0. The van der Waals surface area contributed by atoms with Crippen LogP contribution in [0.15, 0.2) is 119 Å². The van der Waals surface area contributed by atoms with Gasteiger partial charge in [0.2, 0.25) is 0 Å². The molecule has 0 N–H and O–H groups in total. The van der Waals surface area contributed by atoms with Gasteiger partial charge in [0, 0.05) is 15.4 Å². The van der Waals surface area contributed by atoms with Crippen molar-refractivity contribution >= 4 is 11.8 Å². The molecule has 33 heavy (non-hydrogen) atoms. The average molecular weight is 437 g/mol. The van der Waals surface area contributed by atoms with Crippen molar-refractivity contribution in [1.29, 1.82) is 0 Å². The van der Waals surface area contributed by atoms with Gasteiger partial charge in [-0.3, -0.25) is 0 Å². The second-order valence-corrected chi connectivity index (χ2v) is 10.3. The SMILES string of the molecule is c1ccc2c(c1)Cc1ccc3c(c1S2)-c1ccccc1C31c2ccccc2-c2ccccc21. The van der Waals surface area contributed by atoms with Crippen molar-refractivity contribution in [3.05, 3.63) is 143 Å². The lowest BCUT2D eigenvalue weighted by atomic mass is 9.70. The van der Waals surface area contributed by atoms with E-state index < -0.39 is 0 Å². The summed E-state index contributed by atoms with van der Waals surface area (Å²) in [6, 6.07) is 40.9. The third kappa shape index (κ3) is 2.10.